The van der Waals surface area contributed by atoms with Crippen molar-refractivity contribution in [3.63, 3.8) is 0 Å². The first-order chi connectivity index (χ1) is 13.1. The van der Waals surface area contributed by atoms with Crippen LogP contribution < -0.4 is 14.8 Å². The fraction of sp³-hybridized carbons (Fsp3) is 0.474. The Labute approximate surface area is 163 Å². The SMILES string of the molecule is Cn1cc(C(O)CC2CCCN2C(=S)Nc2ccc3c(c2)OCCO3)cn1. The number of aliphatic hydroxyl groups is 1. The molecule has 0 aliphatic carbocycles. The van der Waals surface area contributed by atoms with Gasteiger partial charge in [-0.2, -0.15) is 5.10 Å². The summed E-state index contributed by atoms with van der Waals surface area (Å²) in [5, 5.41) is 18.7. The molecule has 2 aromatic rings. The van der Waals surface area contributed by atoms with E-state index in [9.17, 15) is 5.11 Å². The molecule has 144 valence electrons. The number of fused-ring (bicyclic) bond motifs is 1. The number of rotatable bonds is 4. The van der Waals surface area contributed by atoms with Crippen LogP contribution in [0.25, 0.3) is 0 Å². The van der Waals surface area contributed by atoms with Gasteiger partial charge in [0, 0.05) is 43.1 Å². The van der Waals surface area contributed by atoms with Gasteiger partial charge in [-0.25, -0.2) is 0 Å². The Morgan fingerprint density at radius 2 is 2.19 bits per heavy atom. The predicted octanol–water partition coefficient (Wildman–Crippen LogP) is 2.48. The topological polar surface area (TPSA) is 71.8 Å². The molecule has 27 heavy (non-hydrogen) atoms. The van der Waals surface area contributed by atoms with E-state index in [0.29, 0.717) is 24.7 Å². The van der Waals surface area contributed by atoms with E-state index in [0.717, 1.165) is 42.1 Å². The highest BCUT2D eigenvalue weighted by Crippen LogP contribution is 2.33. The maximum absolute atomic E-state index is 10.5. The lowest BCUT2D eigenvalue weighted by molar-refractivity contribution is 0.140. The minimum atomic E-state index is -0.540. The zero-order valence-corrected chi connectivity index (χ0v) is 16.1. The number of hydrogen-bond donors (Lipinski definition) is 2. The van der Waals surface area contributed by atoms with Crippen LogP contribution in [-0.2, 0) is 7.05 Å². The maximum Gasteiger partial charge on any atom is 0.173 e. The van der Waals surface area contributed by atoms with E-state index < -0.39 is 6.10 Å². The molecule has 1 aromatic heterocycles. The quantitative estimate of drug-likeness (QED) is 0.780. The van der Waals surface area contributed by atoms with Crippen LogP contribution in [0.1, 0.15) is 30.9 Å². The molecular weight excluding hydrogens is 364 g/mol. The summed E-state index contributed by atoms with van der Waals surface area (Å²) >= 11 is 5.65. The summed E-state index contributed by atoms with van der Waals surface area (Å²) < 4.78 is 12.9. The highest BCUT2D eigenvalue weighted by molar-refractivity contribution is 7.80. The van der Waals surface area contributed by atoms with E-state index >= 15 is 0 Å². The molecule has 1 aromatic carbocycles. The minimum Gasteiger partial charge on any atom is -0.486 e. The number of nitrogens with zero attached hydrogens (tertiary/aromatic N) is 3. The van der Waals surface area contributed by atoms with Gasteiger partial charge in [-0.05, 0) is 43.6 Å². The summed E-state index contributed by atoms with van der Waals surface area (Å²) in [6.07, 6.45) is 5.75. The smallest absolute Gasteiger partial charge is 0.173 e. The molecule has 2 unspecified atom stereocenters. The molecule has 0 spiro atoms. The Kier molecular flexibility index (Phi) is 5.18. The number of aromatic nitrogens is 2. The number of likely N-dealkylation sites (tertiary alicyclic amines) is 1. The minimum absolute atomic E-state index is 0.206. The Balaban J connectivity index is 1.40. The summed E-state index contributed by atoms with van der Waals surface area (Å²) in [5.74, 6) is 1.50. The number of aliphatic hydroxyl groups excluding tert-OH is 1. The molecule has 0 radical (unpaired) electrons. The average molecular weight is 388 g/mol. The molecule has 1 fully saturated rings. The van der Waals surface area contributed by atoms with Crippen molar-refractivity contribution in [2.75, 3.05) is 25.1 Å². The second-order valence-electron chi connectivity index (χ2n) is 6.98. The molecule has 0 saturated carbocycles. The van der Waals surface area contributed by atoms with Crippen LogP contribution in [0.4, 0.5) is 5.69 Å². The van der Waals surface area contributed by atoms with Gasteiger partial charge in [0.1, 0.15) is 13.2 Å². The Hall–Kier alpha value is -2.32. The largest absolute Gasteiger partial charge is 0.486 e. The first-order valence-electron chi connectivity index (χ1n) is 9.24. The third kappa shape index (κ3) is 4.01. The second-order valence-corrected chi connectivity index (χ2v) is 7.36. The van der Waals surface area contributed by atoms with E-state index in [-0.39, 0.29) is 6.04 Å². The van der Waals surface area contributed by atoms with Crippen LogP contribution in [0.15, 0.2) is 30.6 Å². The van der Waals surface area contributed by atoms with Crippen molar-refractivity contribution < 1.29 is 14.6 Å². The highest BCUT2D eigenvalue weighted by Gasteiger charge is 2.29. The lowest BCUT2D eigenvalue weighted by Gasteiger charge is -2.29. The van der Waals surface area contributed by atoms with E-state index in [2.05, 4.69) is 15.3 Å². The lowest BCUT2D eigenvalue weighted by Crippen LogP contribution is -2.39. The van der Waals surface area contributed by atoms with Crippen LogP contribution in [0.2, 0.25) is 0 Å². The third-order valence-corrected chi connectivity index (χ3v) is 5.37. The lowest BCUT2D eigenvalue weighted by atomic mass is 10.0. The number of anilines is 1. The predicted molar refractivity (Wildman–Crippen MR) is 106 cm³/mol. The summed E-state index contributed by atoms with van der Waals surface area (Å²) in [7, 11) is 1.85. The number of aryl methyl sites for hydroxylation is 1. The second kappa shape index (κ2) is 7.74. The van der Waals surface area contributed by atoms with Gasteiger partial charge in [-0.15, -0.1) is 0 Å². The summed E-state index contributed by atoms with van der Waals surface area (Å²) in [4.78, 5) is 2.17. The van der Waals surface area contributed by atoms with Gasteiger partial charge < -0.3 is 24.8 Å². The van der Waals surface area contributed by atoms with Crippen molar-refractivity contribution in [1.82, 2.24) is 14.7 Å². The standard InChI is InChI=1S/C19H24N4O3S/c1-22-12-13(11-20-22)16(24)10-15-3-2-6-23(15)19(27)21-14-4-5-17-18(9-14)26-8-7-25-17/h4-5,9,11-12,15-16,24H,2-3,6-8,10H2,1H3,(H,21,27). The molecule has 3 heterocycles. The molecule has 1 saturated heterocycles. The number of ether oxygens (including phenoxy) is 2. The first-order valence-corrected chi connectivity index (χ1v) is 9.65. The molecule has 2 aliphatic rings. The number of nitrogens with one attached hydrogen (secondary N) is 1. The maximum atomic E-state index is 10.5. The zero-order chi connectivity index (χ0) is 18.8. The van der Waals surface area contributed by atoms with Crippen LogP contribution in [0.5, 0.6) is 11.5 Å². The van der Waals surface area contributed by atoms with E-state index in [1.165, 1.54) is 0 Å². The van der Waals surface area contributed by atoms with Crippen LogP contribution in [-0.4, -0.2) is 50.7 Å². The number of thiocarbonyl (C=S) groups is 1. The third-order valence-electron chi connectivity index (χ3n) is 5.04. The number of benzene rings is 1. The zero-order valence-electron chi connectivity index (χ0n) is 15.3. The molecular formula is C19H24N4O3S. The summed E-state index contributed by atoms with van der Waals surface area (Å²) in [5.41, 5.74) is 1.72. The molecule has 2 atom stereocenters. The van der Waals surface area contributed by atoms with Crippen LogP contribution in [0.3, 0.4) is 0 Å². The van der Waals surface area contributed by atoms with Crippen molar-refractivity contribution in [2.45, 2.75) is 31.4 Å². The van der Waals surface area contributed by atoms with Crippen molar-refractivity contribution in [3.05, 3.63) is 36.2 Å². The van der Waals surface area contributed by atoms with Gasteiger partial charge in [0.25, 0.3) is 0 Å². The molecule has 4 rings (SSSR count). The fourth-order valence-electron chi connectivity index (χ4n) is 3.67. The average Bonchev–Trinajstić information content (AvgIpc) is 3.30. The van der Waals surface area contributed by atoms with Gasteiger partial charge in [0.15, 0.2) is 16.6 Å². The summed E-state index contributed by atoms with van der Waals surface area (Å²) in [6.45, 7) is 2.02. The van der Waals surface area contributed by atoms with Crippen LogP contribution in [0, 0.1) is 0 Å². The molecule has 7 nitrogen and oxygen atoms in total. The van der Waals surface area contributed by atoms with Gasteiger partial charge in [0.05, 0.1) is 12.3 Å². The molecule has 8 heteroatoms. The number of hydrogen-bond acceptors (Lipinski definition) is 5. The van der Waals surface area contributed by atoms with Gasteiger partial charge in [-0.1, -0.05) is 0 Å². The van der Waals surface area contributed by atoms with Gasteiger partial charge >= 0.3 is 0 Å². The molecule has 0 bridgehead atoms. The summed E-state index contributed by atoms with van der Waals surface area (Å²) in [6, 6.07) is 5.95. The fourth-order valence-corrected chi connectivity index (χ4v) is 4.03. The van der Waals surface area contributed by atoms with E-state index in [1.54, 1.807) is 10.9 Å². The van der Waals surface area contributed by atoms with E-state index in [1.807, 2.05) is 31.4 Å². The van der Waals surface area contributed by atoms with Gasteiger partial charge in [-0.3, -0.25) is 4.68 Å². The van der Waals surface area contributed by atoms with Crippen molar-refractivity contribution in [3.8, 4) is 11.5 Å². The Bertz CT molecular complexity index is 825. The monoisotopic (exact) mass is 388 g/mol. The molecule has 0 amide bonds. The van der Waals surface area contributed by atoms with Crippen molar-refractivity contribution >= 4 is 23.0 Å². The first kappa shape index (κ1) is 18.1. The van der Waals surface area contributed by atoms with Crippen molar-refractivity contribution in [1.29, 1.82) is 0 Å². The molecule has 2 aliphatic heterocycles. The van der Waals surface area contributed by atoms with Crippen LogP contribution >= 0.6 is 12.2 Å². The molecule has 2 N–H and O–H groups in total. The Morgan fingerprint density at radius 3 is 2.96 bits per heavy atom. The van der Waals surface area contributed by atoms with Gasteiger partial charge in [0.2, 0.25) is 0 Å². The van der Waals surface area contributed by atoms with E-state index in [4.69, 9.17) is 21.7 Å². The normalized spacial score (nSPS) is 19.8. The highest BCUT2D eigenvalue weighted by atomic mass is 32.1. The Morgan fingerprint density at radius 1 is 1.37 bits per heavy atom. The van der Waals surface area contributed by atoms with Crippen molar-refractivity contribution in [2.24, 2.45) is 7.05 Å².